The van der Waals surface area contributed by atoms with Crippen molar-refractivity contribution in [3.05, 3.63) is 48.2 Å². The number of rotatable bonds is 7. The second-order valence-corrected chi connectivity index (χ2v) is 9.04. The average molecular weight is 424 g/mol. The van der Waals surface area contributed by atoms with E-state index in [9.17, 15) is 9.59 Å². The topological polar surface area (TPSA) is 80.5 Å². The molecular formula is C24H33N5O2. The number of nitrogens with one attached hydrogen (secondary N) is 3. The highest BCUT2D eigenvalue weighted by molar-refractivity contribution is 5.96. The molecule has 7 nitrogen and oxygen atoms in total. The summed E-state index contributed by atoms with van der Waals surface area (Å²) in [5.41, 5.74) is 3.82. The molecule has 1 fully saturated rings. The van der Waals surface area contributed by atoms with Gasteiger partial charge in [0.25, 0.3) is 0 Å². The number of fused-ring (bicyclic) bond motifs is 2. The van der Waals surface area contributed by atoms with Crippen molar-refractivity contribution >= 4 is 22.8 Å². The van der Waals surface area contributed by atoms with E-state index in [4.69, 9.17) is 0 Å². The molecule has 2 aliphatic rings. The van der Waals surface area contributed by atoms with Crippen LogP contribution >= 0.6 is 0 Å². The predicted octanol–water partition coefficient (Wildman–Crippen LogP) is 2.46. The van der Waals surface area contributed by atoms with Gasteiger partial charge in [0.05, 0.1) is 5.92 Å². The highest BCUT2D eigenvalue weighted by Gasteiger charge is 2.42. The summed E-state index contributed by atoms with van der Waals surface area (Å²) in [7, 11) is 3.99. The second kappa shape index (κ2) is 9.24. The van der Waals surface area contributed by atoms with Crippen LogP contribution in [0.4, 0.5) is 4.79 Å². The fraction of sp³-hybridized carbons (Fsp3) is 0.500. The number of aromatic amines is 1. The van der Waals surface area contributed by atoms with Crippen molar-refractivity contribution in [1.82, 2.24) is 25.4 Å². The standard InChI is InChI=1S/C24H33N5O2/c1-4-10-29-15-17(23(30)27-24(31)25-9-6-11-28(2)3)12-19-18-7-5-8-20-22(18)16(14-26-20)13-21(19)29/h4-5,7-8,14,17,19,21,26H,1,6,9-13,15H2,2-3H3,(H2,25,27,30,31)/t17?,19?,21-/m1/s1. The van der Waals surface area contributed by atoms with Crippen LogP contribution < -0.4 is 10.6 Å². The Kier molecular flexibility index (Phi) is 6.43. The van der Waals surface area contributed by atoms with E-state index >= 15 is 0 Å². The number of nitrogens with zero attached hydrogens (tertiary/aromatic N) is 2. The molecule has 2 unspecified atom stereocenters. The predicted molar refractivity (Wildman–Crippen MR) is 123 cm³/mol. The van der Waals surface area contributed by atoms with E-state index in [1.807, 2.05) is 20.2 Å². The van der Waals surface area contributed by atoms with Crippen molar-refractivity contribution < 1.29 is 9.59 Å². The Balaban J connectivity index is 1.46. The van der Waals surface area contributed by atoms with Crippen molar-refractivity contribution in [2.45, 2.75) is 31.2 Å². The molecule has 0 spiro atoms. The number of piperidine rings is 1. The number of benzene rings is 1. The molecule has 1 aliphatic heterocycles. The largest absolute Gasteiger partial charge is 0.361 e. The van der Waals surface area contributed by atoms with Crippen molar-refractivity contribution in [2.75, 3.05) is 40.3 Å². The van der Waals surface area contributed by atoms with E-state index < -0.39 is 6.03 Å². The summed E-state index contributed by atoms with van der Waals surface area (Å²) in [5, 5.41) is 6.68. The van der Waals surface area contributed by atoms with Gasteiger partial charge in [-0.25, -0.2) is 4.79 Å². The summed E-state index contributed by atoms with van der Waals surface area (Å²) in [6.45, 7) is 6.74. The maximum absolute atomic E-state index is 13.0. The normalized spacial score (nSPS) is 22.9. The number of hydrogen-bond donors (Lipinski definition) is 3. The molecule has 3 amide bonds. The van der Waals surface area contributed by atoms with Crippen LogP contribution in [0.25, 0.3) is 10.9 Å². The summed E-state index contributed by atoms with van der Waals surface area (Å²) >= 11 is 0. The van der Waals surface area contributed by atoms with Gasteiger partial charge in [0, 0.05) is 48.7 Å². The Labute approximate surface area is 183 Å². The number of urea groups is 1. The van der Waals surface area contributed by atoms with E-state index in [2.05, 4.69) is 56.4 Å². The highest BCUT2D eigenvalue weighted by Crippen LogP contribution is 2.44. The first kappa shape index (κ1) is 21.6. The third kappa shape index (κ3) is 4.52. The number of carbonyl (C=O) groups is 2. The molecule has 1 aliphatic carbocycles. The lowest BCUT2D eigenvalue weighted by Crippen LogP contribution is -2.54. The monoisotopic (exact) mass is 423 g/mol. The van der Waals surface area contributed by atoms with Crippen molar-refractivity contribution in [2.24, 2.45) is 5.92 Å². The van der Waals surface area contributed by atoms with Crippen LogP contribution in [0, 0.1) is 5.92 Å². The van der Waals surface area contributed by atoms with E-state index in [-0.39, 0.29) is 17.7 Å². The van der Waals surface area contributed by atoms with Gasteiger partial charge in [-0.05, 0) is 57.1 Å². The molecule has 3 N–H and O–H groups in total. The van der Waals surface area contributed by atoms with Crippen molar-refractivity contribution in [3.8, 4) is 0 Å². The fourth-order valence-corrected chi connectivity index (χ4v) is 5.22. The van der Waals surface area contributed by atoms with Gasteiger partial charge in [0.15, 0.2) is 0 Å². The average Bonchev–Trinajstić information content (AvgIpc) is 3.16. The summed E-state index contributed by atoms with van der Waals surface area (Å²) in [5.74, 6) is -0.159. The Morgan fingerprint density at radius 1 is 1.35 bits per heavy atom. The second-order valence-electron chi connectivity index (χ2n) is 9.04. The zero-order valence-corrected chi connectivity index (χ0v) is 18.5. The van der Waals surface area contributed by atoms with Crippen LogP contribution in [0.2, 0.25) is 0 Å². The lowest BCUT2D eigenvalue weighted by molar-refractivity contribution is -0.126. The molecule has 1 aromatic heterocycles. The summed E-state index contributed by atoms with van der Waals surface area (Å²) in [4.78, 5) is 33.0. The minimum atomic E-state index is -0.403. The van der Waals surface area contributed by atoms with Gasteiger partial charge >= 0.3 is 6.03 Å². The van der Waals surface area contributed by atoms with Gasteiger partial charge in [0.2, 0.25) is 5.91 Å². The first-order valence-electron chi connectivity index (χ1n) is 11.1. The lowest BCUT2D eigenvalue weighted by atomic mass is 9.72. The number of carbonyl (C=O) groups excluding carboxylic acids is 2. The molecule has 1 aromatic carbocycles. The molecule has 0 saturated carbocycles. The molecule has 0 bridgehead atoms. The maximum atomic E-state index is 13.0. The fourth-order valence-electron chi connectivity index (χ4n) is 5.22. The van der Waals surface area contributed by atoms with Crippen LogP contribution in [0.5, 0.6) is 0 Å². The van der Waals surface area contributed by atoms with Gasteiger partial charge in [-0.1, -0.05) is 18.2 Å². The number of aromatic nitrogens is 1. The molecule has 2 aromatic rings. The lowest BCUT2D eigenvalue weighted by Gasteiger charge is -2.46. The van der Waals surface area contributed by atoms with Gasteiger partial charge in [-0.15, -0.1) is 6.58 Å². The van der Waals surface area contributed by atoms with Crippen LogP contribution in [0.1, 0.15) is 29.9 Å². The summed E-state index contributed by atoms with van der Waals surface area (Å²) in [6.07, 6.45) is 6.59. The van der Waals surface area contributed by atoms with Gasteiger partial charge in [-0.2, -0.15) is 0 Å². The first-order chi connectivity index (χ1) is 15.0. The number of imide groups is 1. The van der Waals surface area contributed by atoms with Gasteiger partial charge in [0.1, 0.15) is 0 Å². The smallest absolute Gasteiger partial charge is 0.321 e. The molecule has 7 heteroatoms. The maximum Gasteiger partial charge on any atom is 0.321 e. The molecule has 1 saturated heterocycles. The molecule has 0 radical (unpaired) electrons. The molecule has 4 rings (SSSR count). The zero-order chi connectivity index (χ0) is 22.0. The van der Waals surface area contributed by atoms with E-state index in [1.54, 1.807) is 0 Å². The molecule has 3 atom stereocenters. The number of H-pyrrole nitrogens is 1. The molecule has 166 valence electrons. The third-order valence-electron chi connectivity index (χ3n) is 6.61. The van der Waals surface area contributed by atoms with Crippen LogP contribution in [0.3, 0.4) is 0 Å². The number of hydrogen-bond acceptors (Lipinski definition) is 4. The minimum absolute atomic E-state index is 0.190. The summed E-state index contributed by atoms with van der Waals surface area (Å²) in [6, 6.07) is 6.33. The number of likely N-dealkylation sites (tertiary alicyclic amines) is 1. The SMILES string of the molecule is C=CCN1CC(C(=O)NC(=O)NCCCN(C)C)CC2c3cccc4[nH]cc(c34)C[C@H]21. The first-order valence-corrected chi connectivity index (χ1v) is 11.1. The van der Waals surface area contributed by atoms with Gasteiger partial charge in [-0.3, -0.25) is 15.0 Å². The van der Waals surface area contributed by atoms with E-state index in [0.29, 0.717) is 19.1 Å². The van der Waals surface area contributed by atoms with Crippen LogP contribution in [-0.2, 0) is 11.2 Å². The molecule has 31 heavy (non-hydrogen) atoms. The van der Waals surface area contributed by atoms with Crippen LogP contribution in [0.15, 0.2) is 37.1 Å². The van der Waals surface area contributed by atoms with Crippen molar-refractivity contribution in [1.29, 1.82) is 0 Å². The molecule has 2 heterocycles. The zero-order valence-electron chi connectivity index (χ0n) is 18.5. The van der Waals surface area contributed by atoms with E-state index in [0.717, 1.165) is 37.9 Å². The van der Waals surface area contributed by atoms with Crippen molar-refractivity contribution in [3.63, 3.8) is 0 Å². The number of amides is 3. The Morgan fingerprint density at radius 2 is 2.19 bits per heavy atom. The summed E-state index contributed by atoms with van der Waals surface area (Å²) < 4.78 is 0. The van der Waals surface area contributed by atoms with Crippen LogP contribution in [-0.4, -0.2) is 73.0 Å². The Hall–Kier alpha value is -2.64. The van der Waals surface area contributed by atoms with Gasteiger partial charge < -0.3 is 15.2 Å². The minimum Gasteiger partial charge on any atom is -0.361 e. The quantitative estimate of drug-likeness (QED) is 0.472. The Bertz CT molecular complexity index is 966. The highest BCUT2D eigenvalue weighted by atomic mass is 16.2. The Morgan fingerprint density at radius 3 is 2.97 bits per heavy atom. The van der Waals surface area contributed by atoms with E-state index in [1.165, 1.54) is 16.5 Å². The molecular weight excluding hydrogens is 390 g/mol. The third-order valence-corrected chi connectivity index (χ3v) is 6.61.